The van der Waals surface area contributed by atoms with Gasteiger partial charge in [-0.3, -0.25) is 4.79 Å². The first kappa shape index (κ1) is 11.5. The Kier molecular flexibility index (Phi) is 3.06. The molecule has 0 fully saturated rings. The van der Waals surface area contributed by atoms with Crippen molar-refractivity contribution in [2.24, 2.45) is 5.73 Å². The van der Waals surface area contributed by atoms with E-state index in [1.807, 2.05) is 0 Å². The first-order valence-corrected chi connectivity index (χ1v) is 5.06. The number of fused-ring (bicyclic) bond motifs is 1. The van der Waals surface area contributed by atoms with Crippen LogP contribution in [0, 0.1) is 0 Å². The van der Waals surface area contributed by atoms with Crippen LogP contribution >= 0.6 is 0 Å². The molecule has 1 aliphatic rings. The minimum absolute atomic E-state index is 0.139. The fourth-order valence-electron chi connectivity index (χ4n) is 1.64. The number of methoxy groups -OCH3 is 1. The van der Waals surface area contributed by atoms with Gasteiger partial charge in [0.2, 0.25) is 12.5 Å². The lowest BCUT2D eigenvalue weighted by Crippen LogP contribution is -2.32. The molecule has 17 heavy (non-hydrogen) atoms. The summed E-state index contributed by atoms with van der Waals surface area (Å²) in [6.07, 6.45) is 0.211. The Bertz CT molecular complexity index is 446. The standard InChI is InChI=1S/C11H13NO5/c1-15-8-3-6(2-7(12)11(13)14)4-9-10(8)17-5-16-9/h3-4,7H,2,5,12H2,1H3,(H,13,14)/t7-/m1/s1. The van der Waals surface area contributed by atoms with Crippen molar-refractivity contribution in [1.82, 2.24) is 0 Å². The zero-order valence-electron chi connectivity index (χ0n) is 9.30. The summed E-state index contributed by atoms with van der Waals surface area (Å²) in [6.45, 7) is 0.139. The summed E-state index contributed by atoms with van der Waals surface area (Å²) in [7, 11) is 1.51. The highest BCUT2D eigenvalue weighted by Gasteiger charge is 2.21. The van der Waals surface area contributed by atoms with Gasteiger partial charge in [0.25, 0.3) is 0 Å². The number of carbonyl (C=O) groups is 1. The Morgan fingerprint density at radius 3 is 3.00 bits per heavy atom. The first-order valence-electron chi connectivity index (χ1n) is 5.06. The monoisotopic (exact) mass is 239 g/mol. The SMILES string of the molecule is COc1cc(C[C@@H](N)C(=O)O)cc2c1OCO2. The minimum atomic E-state index is -1.04. The summed E-state index contributed by atoms with van der Waals surface area (Å²) in [4.78, 5) is 10.7. The second-order valence-electron chi connectivity index (χ2n) is 3.68. The summed E-state index contributed by atoms with van der Waals surface area (Å²) in [5.74, 6) is 0.575. The highest BCUT2D eigenvalue weighted by atomic mass is 16.7. The van der Waals surface area contributed by atoms with Crippen LogP contribution in [0.3, 0.4) is 0 Å². The zero-order valence-corrected chi connectivity index (χ0v) is 9.30. The molecular weight excluding hydrogens is 226 g/mol. The molecule has 1 aromatic carbocycles. The van der Waals surface area contributed by atoms with E-state index in [0.29, 0.717) is 17.2 Å². The second kappa shape index (κ2) is 4.50. The minimum Gasteiger partial charge on any atom is -0.493 e. The van der Waals surface area contributed by atoms with E-state index in [-0.39, 0.29) is 13.2 Å². The third-order valence-corrected chi connectivity index (χ3v) is 2.49. The number of benzene rings is 1. The van der Waals surface area contributed by atoms with Crippen LogP contribution in [0.2, 0.25) is 0 Å². The molecule has 0 spiro atoms. The Hall–Kier alpha value is -1.95. The van der Waals surface area contributed by atoms with E-state index >= 15 is 0 Å². The number of carboxylic acid groups (broad SMARTS) is 1. The largest absolute Gasteiger partial charge is 0.493 e. The molecule has 1 atom stereocenters. The number of ether oxygens (including phenoxy) is 3. The fourth-order valence-corrected chi connectivity index (χ4v) is 1.64. The average molecular weight is 239 g/mol. The molecule has 6 nitrogen and oxygen atoms in total. The molecule has 1 aromatic rings. The van der Waals surface area contributed by atoms with Crippen molar-refractivity contribution in [2.75, 3.05) is 13.9 Å². The van der Waals surface area contributed by atoms with E-state index < -0.39 is 12.0 Å². The van der Waals surface area contributed by atoms with E-state index in [4.69, 9.17) is 25.1 Å². The van der Waals surface area contributed by atoms with Crippen LogP contribution in [0.4, 0.5) is 0 Å². The van der Waals surface area contributed by atoms with Crippen LogP contribution in [-0.4, -0.2) is 31.0 Å². The number of hydrogen-bond acceptors (Lipinski definition) is 5. The quantitative estimate of drug-likeness (QED) is 0.789. The summed E-state index contributed by atoms with van der Waals surface area (Å²) in [5.41, 5.74) is 6.21. The summed E-state index contributed by atoms with van der Waals surface area (Å²) in [6, 6.07) is 2.48. The van der Waals surface area contributed by atoms with E-state index in [1.54, 1.807) is 12.1 Å². The Morgan fingerprint density at radius 1 is 1.59 bits per heavy atom. The third kappa shape index (κ3) is 2.26. The van der Waals surface area contributed by atoms with Crippen molar-refractivity contribution in [3.8, 4) is 17.2 Å². The van der Waals surface area contributed by atoms with Gasteiger partial charge in [0.05, 0.1) is 7.11 Å². The molecule has 0 saturated heterocycles. The van der Waals surface area contributed by atoms with Gasteiger partial charge in [-0.1, -0.05) is 0 Å². The van der Waals surface area contributed by atoms with Crippen molar-refractivity contribution in [1.29, 1.82) is 0 Å². The maximum Gasteiger partial charge on any atom is 0.320 e. The van der Waals surface area contributed by atoms with Gasteiger partial charge in [0, 0.05) is 0 Å². The molecule has 0 saturated carbocycles. The summed E-state index contributed by atoms with van der Waals surface area (Å²) in [5, 5.41) is 8.75. The molecule has 1 aliphatic heterocycles. The highest BCUT2D eigenvalue weighted by Crippen LogP contribution is 2.41. The Labute approximate surface area is 97.9 Å². The molecule has 6 heteroatoms. The lowest BCUT2D eigenvalue weighted by atomic mass is 10.1. The second-order valence-corrected chi connectivity index (χ2v) is 3.68. The van der Waals surface area contributed by atoms with Crippen molar-refractivity contribution < 1.29 is 24.1 Å². The van der Waals surface area contributed by atoms with Crippen LogP contribution < -0.4 is 19.9 Å². The Morgan fingerprint density at radius 2 is 2.35 bits per heavy atom. The van der Waals surface area contributed by atoms with Gasteiger partial charge < -0.3 is 25.1 Å². The zero-order chi connectivity index (χ0) is 12.4. The summed E-state index contributed by atoms with van der Waals surface area (Å²) < 4.78 is 15.6. The van der Waals surface area contributed by atoms with Gasteiger partial charge in [-0.2, -0.15) is 0 Å². The van der Waals surface area contributed by atoms with E-state index in [2.05, 4.69) is 0 Å². The lowest BCUT2D eigenvalue weighted by molar-refractivity contribution is -0.138. The van der Waals surface area contributed by atoms with Crippen molar-refractivity contribution in [2.45, 2.75) is 12.5 Å². The molecule has 0 aliphatic carbocycles. The van der Waals surface area contributed by atoms with Crippen LogP contribution in [0.25, 0.3) is 0 Å². The van der Waals surface area contributed by atoms with Gasteiger partial charge in [-0.25, -0.2) is 0 Å². The topological polar surface area (TPSA) is 91.0 Å². The number of hydrogen-bond donors (Lipinski definition) is 2. The van der Waals surface area contributed by atoms with Crippen molar-refractivity contribution in [3.05, 3.63) is 17.7 Å². The number of aliphatic carboxylic acids is 1. The van der Waals surface area contributed by atoms with Crippen molar-refractivity contribution in [3.63, 3.8) is 0 Å². The van der Waals surface area contributed by atoms with Gasteiger partial charge in [-0.05, 0) is 24.1 Å². The molecular formula is C11H13NO5. The average Bonchev–Trinajstić information content (AvgIpc) is 2.75. The number of nitrogens with two attached hydrogens (primary N) is 1. The van der Waals surface area contributed by atoms with Crippen LogP contribution in [0.15, 0.2) is 12.1 Å². The van der Waals surface area contributed by atoms with Gasteiger partial charge in [-0.15, -0.1) is 0 Å². The molecule has 3 N–H and O–H groups in total. The maximum atomic E-state index is 10.7. The van der Waals surface area contributed by atoms with Gasteiger partial charge in [0.1, 0.15) is 6.04 Å². The first-order chi connectivity index (χ1) is 8.11. The normalized spacial score (nSPS) is 14.5. The Balaban J connectivity index is 2.27. The van der Waals surface area contributed by atoms with E-state index in [0.717, 1.165) is 5.56 Å². The third-order valence-electron chi connectivity index (χ3n) is 2.49. The van der Waals surface area contributed by atoms with Crippen LogP contribution in [0.1, 0.15) is 5.56 Å². The molecule has 0 bridgehead atoms. The summed E-state index contributed by atoms with van der Waals surface area (Å²) >= 11 is 0. The molecule has 0 aromatic heterocycles. The van der Waals surface area contributed by atoms with Crippen LogP contribution in [-0.2, 0) is 11.2 Å². The van der Waals surface area contributed by atoms with E-state index in [9.17, 15) is 4.79 Å². The maximum absolute atomic E-state index is 10.7. The van der Waals surface area contributed by atoms with E-state index in [1.165, 1.54) is 7.11 Å². The molecule has 0 amide bonds. The predicted octanol–water partition coefficient (Wildman–Crippen LogP) is 0.378. The molecule has 2 rings (SSSR count). The molecule has 1 heterocycles. The van der Waals surface area contributed by atoms with Crippen molar-refractivity contribution >= 4 is 5.97 Å². The molecule has 0 radical (unpaired) electrons. The lowest BCUT2D eigenvalue weighted by Gasteiger charge is -2.10. The number of rotatable bonds is 4. The molecule has 92 valence electrons. The van der Waals surface area contributed by atoms with Gasteiger partial charge >= 0.3 is 5.97 Å². The van der Waals surface area contributed by atoms with Crippen LogP contribution in [0.5, 0.6) is 17.2 Å². The smallest absolute Gasteiger partial charge is 0.320 e. The van der Waals surface area contributed by atoms with Gasteiger partial charge in [0.15, 0.2) is 11.5 Å². The predicted molar refractivity (Wildman–Crippen MR) is 58.4 cm³/mol. The fraction of sp³-hybridized carbons (Fsp3) is 0.364. The number of carboxylic acids is 1. The highest BCUT2D eigenvalue weighted by molar-refractivity contribution is 5.73. The molecule has 0 unspecified atom stereocenters.